The molecule has 150 valence electrons. The number of alkyl halides is 2. The molecule has 0 aliphatic rings. The van der Waals surface area contributed by atoms with E-state index in [0.717, 1.165) is 9.79 Å². The number of rotatable bonds is 7. The summed E-state index contributed by atoms with van der Waals surface area (Å²) in [6.45, 7) is 6.96. The molecule has 0 radical (unpaired) electrons. The van der Waals surface area contributed by atoms with E-state index in [4.69, 9.17) is 9.47 Å². The summed E-state index contributed by atoms with van der Waals surface area (Å²) >= 11 is 6.56. The van der Waals surface area contributed by atoms with Crippen LogP contribution in [0.1, 0.15) is 27.7 Å². The van der Waals surface area contributed by atoms with Gasteiger partial charge in [-0.15, -0.1) is 0 Å². The van der Waals surface area contributed by atoms with Crippen molar-refractivity contribution in [3.05, 3.63) is 48.5 Å². The molecular formula is C20H20Br2O4S2. The van der Waals surface area contributed by atoms with E-state index in [0.29, 0.717) is 11.5 Å². The van der Waals surface area contributed by atoms with Crippen molar-refractivity contribution in [1.82, 2.24) is 0 Å². The monoisotopic (exact) mass is 546 g/mol. The molecule has 28 heavy (non-hydrogen) atoms. The zero-order valence-electron chi connectivity index (χ0n) is 15.8. The zero-order chi connectivity index (χ0) is 20.9. The smallest absolute Gasteiger partial charge is 0.327 e. The van der Waals surface area contributed by atoms with Gasteiger partial charge in [0.2, 0.25) is 0 Å². The molecule has 0 saturated heterocycles. The van der Waals surface area contributed by atoms with E-state index in [1.165, 1.54) is 0 Å². The predicted octanol–water partition coefficient (Wildman–Crippen LogP) is 6.64. The fraction of sp³-hybridized carbons (Fsp3) is 0.300. The van der Waals surface area contributed by atoms with Gasteiger partial charge in [-0.1, -0.05) is 53.4 Å². The summed E-state index contributed by atoms with van der Waals surface area (Å²) in [5.74, 6) is 0.332. The normalized spacial score (nSPS) is 11.8. The first-order valence-electron chi connectivity index (χ1n) is 8.32. The number of esters is 2. The highest BCUT2D eigenvalue weighted by Gasteiger charge is 2.26. The number of hydrogen-bond donors (Lipinski definition) is 0. The van der Waals surface area contributed by atoms with Crippen LogP contribution in [0.25, 0.3) is 0 Å². The van der Waals surface area contributed by atoms with Crippen molar-refractivity contribution in [3.8, 4) is 11.5 Å². The number of carbonyl (C=O) groups is 2. The molecule has 0 spiro atoms. The van der Waals surface area contributed by atoms with Gasteiger partial charge in [0.1, 0.15) is 20.1 Å². The minimum absolute atomic E-state index is 0.341. The maximum absolute atomic E-state index is 11.9. The molecule has 0 unspecified atom stereocenters. The molecule has 0 aliphatic carbocycles. The molecule has 0 N–H and O–H groups in total. The van der Waals surface area contributed by atoms with Crippen LogP contribution in [0.15, 0.2) is 58.3 Å². The Labute approximate surface area is 189 Å². The molecule has 4 nitrogen and oxygen atoms in total. The fourth-order valence-electron chi connectivity index (χ4n) is 1.68. The Morgan fingerprint density at radius 1 is 0.679 bits per heavy atom. The standard InChI is InChI=1S/C20H20Br2O4S2/c1-19(2,21)17(23)25-13-5-9-15(10-6-13)27-28-16-11-7-14(8-12-16)26-18(24)20(3,4)22/h5-12H,1-4H3. The van der Waals surface area contributed by atoms with E-state index in [-0.39, 0.29) is 11.9 Å². The number of hydrogen-bond acceptors (Lipinski definition) is 6. The Morgan fingerprint density at radius 2 is 0.964 bits per heavy atom. The molecule has 8 heteroatoms. The Morgan fingerprint density at radius 3 is 1.21 bits per heavy atom. The molecule has 2 aromatic carbocycles. The van der Waals surface area contributed by atoms with Gasteiger partial charge in [0.15, 0.2) is 0 Å². The van der Waals surface area contributed by atoms with Crippen LogP contribution >= 0.6 is 53.4 Å². The van der Waals surface area contributed by atoms with Crippen LogP contribution in [0, 0.1) is 0 Å². The highest BCUT2D eigenvalue weighted by molar-refractivity contribution is 9.10. The van der Waals surface area contributed by atoms with Crippen LogP contribution < -0.4 is 9.47 Å². The van der Waals surface area contributed by atoms with Gasteiger partial charge >= 0.3 is 11.9 Å². The van der Waals surface area contributed by atoms with Gasteiger partial charge in [-0.3, -0.25) is 9.59 Å². The van der Waals surface area contributed by atoms with Crippen LogP contribution in [-0.4, -0.2) is 20.6 Å². The molecular weight excluding hydrogens is 528 g/mol. The summed E-state index contributed by atoms with van der Waals surface area (Å²) in [5, 5.41) is 0. The first kappa shape index (κ1) is 23.3. The van der Waals surface area contributed by atoms with Gasteiger partial charge in [-0.25, -0.2) is 0 Å². The second-order valence-corrected chi connectivity index (χ2v) is 13.1. The first-order chi connectivity index (χ1) is 12.9. The fourth-order valence-corrected chi connectivity index (χ4v) is 3.77. The lowest BCUT2D eigenvalue weighted by atomic mass is 10.2. The van der Waals surface area contributed by atoms with Crippen molar-refractivity contribution in [2.75, 3.05) is 0 Å². The number of carbonyl (C=O) groups excluding carboxylic acids is 2. The van der Waals surface area contributed by atoms with Gasteiger partial charge < -0.3 is 9.47 Å². The summed E-state index contributed by atoms with van der Waals surface area (Å²) < 4.78 is 9.19. The van der Waals surface area contributed by atoms with E-state index >= 15 is 0 Å². The highest BCUT2D eigenvalue weighted by Crippen LogP contribution is 2.38. The van der Waals surface area contributed by atoms with E-state index < -0.39 is 8.65 Å². The van der Waals surface area contributed by atoms with Gasteiger partial charge in [0.25, 0.3) is 0 Å². The van der Waals surface area contributed by atoms with E-state index in [1.54, 1.807) is 73.5 Å². The minimum atomic E-state index is -0.721. The quantitative estimate of drug-likeness (QED) is 0.167. The Bertz CT molecular complexity index is 752. The second-order valence-electron chi connectivity index (χ2n) is 6.83. The Kier molecular flexibility index (Phi) is 8.07. The summed E-state index contributed by atoms with van der Waals surface area (Å²) in [5.41, 5.74) is 0. The molecule has 0 aromatic heterocycles. The van der Waals surface area contributed by atoms with Crippen molar-refractivity contribution >= 4 is 65.4 Å². The van der Waals surface area contributed by atoms with Gasteiger partial charge in [0.05, 0.1) is 0 Å². The summed E-state index contributed by atoms with van der Waals surface area (Å²) in [6.07, 6.45) is 0. The lowest BCUT2D eigenvalue weighted by molar-refractivity contribution is -0.136. The van der Waals surface area contributed by atoms with Crippen molar-refractivity contribution < 1.29 is 19.1 Å². The third-order valence-corrected chi connectivity index (χ3v) is 6.34. The van der Waals surface area contributed by atoms with Gasteiger partial charge in [-0.2, -0.15) is 0 Å². The maximum atomic E-state index is 11.9. The summed E-state index contributed by atoms with van der Waals surface area (Å²) in [4.78, 5) is 25.8. The average molecular weight is 548 g/mol. The molecule has 2 rings (SSSR count). The zero-order valence-corrected chi connectivity index (χ0v) is 20.6. The van der Waals surface area contributed by atoms with E-state index in [9.17, 15) is 9.59 Å². The maximum Gasteiger partial charge on any atom is 0.327 e. The van der Waals surface area contributed by atoms with Crippen LogP contribution in [0.4, 0.5) is 0 Å². The number of benzene rings is 2. The summed E-state index contributed by atoms with van der Waals surface area (Å²) in [6, 6.07) is 14.7. The van der Waals surface area contributed by atoms with Crippen molar-refractivity contribution in [3.63, 3.8) is 0 Å². The lowest BCUT2D eigenvalue weighted by Gasteiger charge is -2.14. The molecule has 0 atom stereocenters. The second kappa shape index (κ2) is 9.69. The number of halogens is 2. The van der Waals surface area contributed by atoms with Gasteiger partial charge in [-0.05, 0) is 76.2 Å². The third-order valence-electron chi connectivity index (χ3n) is 3.27. The van der Waals surface area contributed by atoms with Crippen molar-refractivity contribution in [2.24, 2.45) is 0 Å². The molecule has 0 bridgehead atoms. The summed E-state index contributed by atoms with van der Waals surface area (Å²) in [7, 11) is 3.16. The van der Waals surface area contributed by atoms with E-state index in [1.807, 2.05) is 24.3 Å². The number of ether oxygens (including phenoxy) is 2. The molecule has 0 fully saturated rings. The van der Waals surface area contributed by atoms with Crippen LogP contribution in [-0.2, 0) is 9.59 Å². The van der Waals surface area contributed by atoms with Crippen LogP contribution in [0.5, 0.6) is 11.5 Å². The molecule has 0 aliphatic heterocycles. The van der Waals surface area contributed by atoms with Crippen LogP contribution in [0.2, 0.25) is 0 Å². The minimum Gasteiger partial charge on any atom is -0.426 e. The van der Waals surface area contributed by atoms with Gasteiger partial charge in [0, 0.05) is 9.79 Å². The van der Waals surface area contributed by atoms with Crippen molar-refractivity contribution in [2.45, 2.75) is 46.1 Å². The SMILES string of the molecule is CC(C)(Br)C(=O)Oc1ccc(SSc2ccc(OC(=O)C(C)(C)Br)cc2)cc1. The predicted molar refractivity (Wildman–Crippen MR) is 122 cm³/mol. The van der Waals surface area contributed by atoms with Crippen LogP contribution in [0.3, 0.4) is 0 Å². The van der Waals surface area contributed by atoms with Crippen molar-refractivity contribution in [1.29, 1.82) is 0 Å². The Hall–Kier alpha value is -0.960. The average Bonchev–Trinajstić information content (AvgIpc) is 2.60. The largest absolute Gasteiger partial charge is 0.426 e. The molecule has 0 saturated carbocycles. The molecule has 0 amide bonds. The topological polar surface area (TPSA) is 52.6 Å². The molecule has 0 heterocycles. The Balaban J connectivity index is 1.88. The third kappa shape index (κ3) is 7.46. The highest BCUT2D eigenvalue weighted by atomic mass is 79.9. The first-order valence-corrected chi connectivity index (χ1v) is 12.1. The van der Waals surface area contributed by atoms with E-state index in [2.05, 4.69) is 31.9 Å². The molecule has 2 aromatic rings. The lowest BCUT2D eigenvalue weighted by Crippen LogP contribution is -2.29.